The predicted molar refractivity (Wildman–Crippen MR) is 73.6 cm³/mol. The van der Waals surface area contributed by atoms with Crippen LogP contribution in [0.25, 0.3) is 0 Å². The molecule has 0 aromatic carbocycles. The molecule has 108 valence electrons. The summed E-state index contributed by atoms with van der Waals surface area (Å²) >= 11 is 0. The van der Waals surface area contributed by atoms with Crippen molar-refractivity contribution in [1.82, 2.24) is 0 Å². The van der Waals surface area contributed by atoms with Crippen LogP contribution >= 0.6 is 0 Å². The van der Waals surface area contributed by atoms with E-state index in [2.05, 4.69) is 20.8 Å². The number of fused-ring (bicyclic) bond motifs is 1. The zero-order valence-electron chi connectivity index (χ0n) is 12.6. The van der Waals surface area contributed by atoms with Gasteiger partial charge in [0.15, 0.2) is 0 Å². The van der Waals surface area contributed by atoms with Gasteiger partial charge in [0, 0.05) is 13.3 Å². The number of ketones is 1. The van der Waals surface area contributed by atoms with E-state index in [1.54, 1.807) is 0 Å². The van der Waals surface area contributed by atoms with Crippen LogP contribution in [-0.4, -0.2) is 18.4 Å². The first-order valence-corrected chi connectivity index (χ1v) is 7.43. The number of hydrogen-bond acceptors (Lipinski definition) is 3. The van der Waals surface area contributed by atoms with E-state index in [9.17, 15) is 9.59 Å². The minimum atomic E-state index is -0.284. The summed E-state index contributed by atoms with van der Waals surface area (Å²) in [6.45, 7) is 8.58. The van der Waals surface area contributed by atoms with Gasteiger partial charge in [0.05, 0.1) is 5.92 Å². The summed E-state index contributed by atoms with van der Waals surface area (Å²) in [5.74, 6) is 0.466. The lowest BCUT2D eigenvalue weighted by Crippen LogP contribution is -2.53. The normalized spacial score (nSPS) is 37.6. The molecule has 0 spiro atoms. The molecule has 0 radical (unpaired) electrons. The molecule has 0 unspecified atom stereocenters. The van der Waals surface area contributed by atoms with Gasteiger partial charge in [-0.05, 0) is 36.0 Å². The third kappa shape index (κ3) is 2.56. The van der Waals surface area contributed by atoms with Crippen molar-refractivity contribution in [3.8, 4) is 0 Å². The maximum absolute atomic E-state index is 12.3. The van der Waals surface area contributed by atoms with Gasteiger partial charge >= 0.3 is 5.97 Å². The summed E-state index contributed by atoms with van der Waals surface area (Å²) in [5.41, 5.74) is 0.300. The van der Waals surface area contributed by atoms with E-state index >= 15 is 0 Å². The smallest absolute Gasteiger partial charge is 0.302 e. The average molecular weight is 266 g/mol. The van der Waals surface area contributed by atoms with Gasteiger partial charge in [0.1, 0.15) is 12.4 Å². The van der Waals surface area contributed by atoms with Crippen LogP contribution in [0.15, 0.2) is 0 Å². The molecule has 19 heavy (non-hydrogen) atoms. The van der Waals surface area contributed by atoms with E-state index in [1.807, 2.05) is 0 Å². The van der Waals surface area contributed by atoms with E-state index < -0.39 is 0 Å². The summed E-state index contributed by atoms with van der Waals surface area (Å²) in [6, 6.07) is 0. The fourth-order valence-electron chi connectivity index (χ4n) is 4.62. The van der Waals surface area contributed by atoms with Gasteiger partial charge in [-0.15, -0.1) is 0 Å². The number of esters is 1. The van der Waals surface area contributed by atoms with Crippen molar-refractivity contribution < 1.29 is 14.3 Å². The molecule has 0 N–H and O–H groups in total. The first-order valence-electron chi connectivity index (χ1n) is 7.43. The van der Waals surface area contributed by atoms with Crippen molar-refractivity contribution in [2.75, 3.05) is 6.61 Å². The van der Waals surface area contributed by atoms with Gasteiger partial charge in [-0.25, -0.2) is 0 Å². The van der Waals surface area contributed by atoms with Crippen molar-refractivity contribution >= 4 is 11.8 Å². The Labute approximate surface area is 116 Å². The highest BCUT2D eigenvalue weighted by molar-refractivity contribution is 5.83. The molecule has 3 nitrogen and oxygen atoms in total. The molecule has 2 rings (SSSR count). The summed E-state index contributed by atoms with van der Waals surface area (Å²) in [4.78, 5) is 23.3. The lowest BCUT2D eigenvalue weighted by Gasteiger charge is -2.56. The Bertz CT molecular complexity index is 385. The monoisotopic (exact) mass is 266 g/mol. The number of rotatable bonds is 2. The predicted octanol–water partition coefficient (Wildman–Crippen LogP) is 3.36. The molecule has 2 saturated carbocycles. The van der Waals surface area contributed by atoms with Crippen molar-refractivity contribution in [3.63, 3.8) is 0 Å². The summed E-state index contributed by atoms with van der Waals surface area (Å²) < 4.78 is 5.17. The van der Waals surface area contributed by atoms with Crippen LogP contribution in [-0.2, 0) is 14.3 Å². The number of carbonyl (C=O) groups is 2. The van der Waals surface area contributed by atoms with Crippen LogP contribution < -0.4 is 0 Å². The Morgan fingerprint density at radius 3 is 2.63 bits per heavy atom. The lowest BCUT2D eigenvalue weighted by atomic mass is 9.48. The summed E-state index contributed by atoms with van der Waals surface area (Å²) in [6.07, 6.45) is 5.14. The van der Waals surface area contributed by atoms with Crippen LogP contribution in [0.1, 0.15) is 59.8 Å². The van der Waals surface area contributed by atoms with Gasteiger partial charge in [-0.2, -0.15) is 0 Å². The number of Topliss-reactive ketones (excluding diaryl/α,β-unsaturated/α-hetero) is 1. The Kier molecular flexibility index (Phi) is 3.76. The molecule has 0 amide bonds. The Hall–Kier alpha value is -0.860. The number of ether oxygens (including phenoxy) is 1. The molecule has 2 fully saturated rings. The number of carbonyl (C=O) groups excluding carboxylic acids is 2. The Morgan fingerprint density at radius 2 is 2.00 bits per heavy atom. The topological polar surface area (TPSA) is 43.4 Å². The largest absolute Gasteiger partial charge is 0.465 e. The third-order valence-electron chi connectivity index (χ3n) is 5.59. The van der Waals surface area contributed by atoms with Crippen molar-refractivity contribution in [2.45, 2.75) is 59.8 Å². The molecule has 0 heterocycles. The molecule has 0 aromatic heterocycles. The zero-order chi connectivity index (χ0) is 14.3. The van der Waals surface area contributed by atoms with Crippen molar-refractivity contribution in [3.05, 3.63) is 0 Å². The van der Waals surface area contributed by atoms with Gasteiger partial charge in [-0.3, -0.25) is 9.59 Å². The summed E-state index contributed by atoms with van der Waals surface area (Å²) in [7, 11) is 0. The van der Waals surface area contributed by atoms with Crippen molar-refractivity contribution in [1.29, 1.82) is 0 Å². The molecule has 2 aliphatic carbocycles. The van der Waals surface area contributed by atoms with E-state index in [0.717, 1.165) is 12.8 Å². The molecule has 0 saturated heterocycles. The van der Waals surface area contributed by atoms with Gasteiger partial charge in [0.2, 0.25) is 0 Å². The lowest BCUT2D eigenvalue weighted by molar-refractivity contribution is -0.156. The fraction of sp³-hybridized carbons (Fsp3) is 0.875. The maximum atomic E-state index is 12.3. The second kappa shape index (κ2) is 4.92. The molecular weight excluding hydrogens is 240 g/mol. The second-order valence-corrected chi connectivity index (χ2v) is 7.26. The first-order chi connectivity index (χ1) is 8.77. The SMILES string of the molecule is CC(=O)OC[C@H]1C(=O)CC[C@H]2C(C)(C)CCC[C@]12C. The van der Waals surface area contributed by atoms with Crippen molar-refractivity contribution in [2.24, 2.45) is 22.7 Å². The van der Waals surface area contributed by atoms with E-state index in [0.29, 0.717) is 17.8 Å². The molecule has 0 bridgehead atoms. The quantitative estimate of drug-likeness (QED) is 0.720. The Morgan fingerprint density at radius 1 is 1.32 bits per heavy atom. The van der Waals surface area contributed by atoms with Gasteiger partial charge in [0.25, 0.3) is 0 Å². The number of hydrogen-bond donors (Lipinski definition) is 0. The molecule has 3 heteroatoms. The highest BCUT2D eigenvalue weighted by Gasteiger charge is 2.54. The highest BCUT2D eigenvalue weighted by atomic mass is 16.5. The minimum absolute atomic E-state index is 0.00648. The van der Waals surface area contributed by atoms with E-state index in [1.165, 1.54) is 19.8 Å². The Balaban J connectivity index is 2.24. The molecular formula is C16H26O3. The van der Waals surface area contributed by atoms with E-state index in [-0.39, 0.29) is 29.7 Å². The van der Waals surface area contributed by atoms with Crippen LogP contribution in [0.5, 0.6) is 0 Å². The van der Waals surface area contributed by atoms with Crippen LogP contribution in [0.3, 0.4) is 0 Å². The molecule has 3 atom stereocenters. The van der Waals surface area contributed by atoms with Crippen LogP contribution in [0.2, 0.25) is 0 Å². The maximum Gasteiger partial charge on any atom is 0.302 e. The zero-order valence-corrected chi connectivity index (χ0v) is 12.6. The second-order valence-electron chi connectivity index (χ2n) is 7.26. The highest BCUT2D eigenvalue weighted by Crippen LogP contribution is 2.58. The van der Waals surface area contributed by atoms with Gasteiger partial charge in [-0.1, -0.05) is 27.2 Å². The van der Waals surface area contributed by atoms with Gasteiger partial charge < -0.3 is 4.74 Å². The van der Waals surface area contributed by atoms with Crippen LogP contribution in [0.4, 0.5) is 0 Å². The average Bonchev–Trinajstić information content (AvgIpc) is 2.26. The third-order valence-corrected chi connectivity index (χ3v) is 5.59. The first kappa shape index (κ1) is 14.5. The molecule has 0 aliphatic heterocycles. The van der Waals surface area contributed by atoms with E-state index in [4.69, 9.17) is 4.74 Å². The van der Waals surface area contributed by atoms with Crippen LogP contribution in [0, 0.1) is 22.7 Å². The minimum Gasteiger partial charge on any atom is -0.465 e. The molecule has 0 aromatic rings. The standard InChI is InChI=1S/C16H26O3/c1-11(17)19-10-12-13(18)6-7-14-15(2,3)8-5-9-16(12,14)4/h12,14H,5-10H2,1-4H3/t12-,14-,16+/m0/s1. The molecule has 2 aliphatic rings. The fourth-order valence-corrected chi connectivity index (χ4v) is 4.62. The summed E-state index contributed by atoms with van der Waals surface area (Å²) in [5, 5.41) is 0.